The normalized spacial score (nSPS) is 10.9. The number of nitriles is 1. The number of thioether (sulfide) groups is 1. The molecule has 0 spiro atoms. The molecule has 24 heavy (non-hydrogen) atoms. The van der Waals surface area contributed by atoms with Crippen molar-refractivity contribution < 1.29 is 4.42 Å². The van der Waals surface area contributed by atoms with Crippen molar-refractivity contribution in [1.82, 2.24) is 14.8 Å². The summed E-state index contributed by atoms with van der Waals surface area (Å²) in [4.78, 5) is 0. The Kier molecular flexibility index (Phi) is 5.02. The fraction of sp³-hybridized carbons (Fsp3) is 0.278. The standard InChI is InChI=1S/C18H18N4OS/c1-13(2)17-20-21-18(22(17)11-16-8-5-9-23-16)24-12-15-7-4-3-6-14(15)10-19/h3-9,13H,11-12H2,1-2H3. The highest BCUT2D eigenvalue weighted by Gasteiger charge is 2.17. The SMILES string of the molecule is CC(C)c1nnc(SCc2ccccc2C#N)n1Cc1ccco1. The van der Waals surface area contributed by atoms with Crippen molar-refractivity contribution in [3.63, 3.8) is 0 Å². The van der Waals surface area contributed by atoms with Crippen molar-refractivity contribution in [2.24, 2.45) is 0 Å². The van der Waals surface area contributed by atoms with Gasteiger partial charge >= 0.3 is 0 Å². The highest BCUT2D eigenvalue weighted by Crippen LogP contribution is 2.26. The molecule has 0 saturated heterocycles. The lowest BCUT2D eigenvalue weighted by Crippen LogP contribution is -2.07. The molecule has 5 nitrogen and oxygen atoms in total. The molecule has 0 N–H and O–H groups in total. The van der Waals surface area contributed by atoms with Crippen LogP contribution in [0, 0.1) is 11.3 Å². The summed E-state index contributed by atoms with van der Waals surface area (Å²) in [6.07, 6.45) is 1.67. The molecule has 2 aromatic heterocycles. The average Bonchev–Trinajstić information content (AvgIpc) is 3.23. The van der Waals surface area contributed by atoms with E-state index in [0.717, 1.165) is 22.3 Å². The Morgan fingerprint density at radius 3 is 2.75 bits per heavy atom. The van der Waals surface area contributed by atoms with E-state index in [1.807, 2.05) is 36.4 Å². The van der Waals surface area contributed by atoms with E-state index in [1.54, 1.807) is 18.0 Å². The lowest BCUT2D eigenvalue weighted by Gasteiger charge is -2.11. The number of hydrogen-bond acceptors (Lipinski definition) is 5. The molecule has 0 aliphatic carbocycles. The van der Waals surface area contributed by atoms with E-state index in [-0.39, 0.29) is 5.92 Å². The number of rotatable bonds is 6. The Balaban J connectivity index is 1.84. The monoisotopic (exact) mass is 338 g/mol. The van der Waals surface area contributed by atoms with Crippen molar-refractivity contribution in [1.29, 1.82) is 5.26 Å². The van der Waals surface area contributed by atoms with Gasteiger partial charge in [0.25, 0.3) is 0 Å². The number of furan rings is 1. The third-order valence-electron chi connectivity index (χ3n) is 3.65. The summed E-state index contributed by atoms with van der Waals surface area (Å²) in [5, 5.41) is 18.7. The van der Waals surface area contributed by atoms with Gasteiger partial charge in [-0.2, -0.15) is 5.26 Å². The Labute approximate surface area is 145 Å². The molecule has 1 aromatic carbocycles. The number of aromatic nitrogens is 3. The van der Waals surface area contributed by atoms with Crippen LogP contribution in [0.5, 0.6) is 0 Å². The zero-order valence-corrected chi connectivity index (χ0v) is 14.5. The van der Waals surface area contributed by atoms with Gasteiger partial charge in [0.15, 0.2) is 5.16 Å². The van der Waals surface area contributed by atoms with Gasteiger partial charge in [-0.1, -0.05) is 43.8 Å². The van der Waals surface area contributed by atoms with E-state index >= 15 is 0 Å². The van der Waals surface area contributed by atoms with Gasteiger partial charge in [0.1, 0.15) is 11.6 Å². The first-order valence-corrected chi connectivity index (χ1v) is 8.74. The summed E-state index contributed by atoms with van der Waals surface area (Å²) in [5.74, 6) is 2.75. The summed E-state index contributed by atoms with van der Waals surface area (Å²) >= 11 is 1.59. The minimum atomic E-state index is 0.271. The van der Waals surface area contributed by atoms with Crippen LogP contribution in [0.3, 0.4) is 0 Å². The first-order valence-electron chi connectivity index (χ1n) is 7.75. The van der Waals surface area contributed by atoms with Gasteiger partial charge in [0.05, 0.1) is 24.4 Å². The number of benzene rings is 1. The van der Waals surface area contributed by atoms with Crippen LogP contribution >= 0.6 is 11.8 Å². The predicted octanol–water partition coefficient (Wildman–Crippen LogP) is 4.21. The molecule has 0 bridgehead atoms. The third-order valence-corrected chi connectivity index (χ3v) is 4.67. The molecule has 0 atom stereocenters. The second kappa shape index (κ2) is 7.37. The summed E-state index contributed by atoms with van der Waals surface area (Å²) < 4.78 is 7.55. The van der Waals surface area contributed by atoms with E-state index in [9.17, 15) is 5.26 Å². The molecular weight excluding hydrogens is 320 g/mol. The minimum Gasteiger partial charge on any atom is -0.467 e. The summed E-state index contributed by atoms with van der Waals surface area (Å²) in [6, 6.07) is 13.7. The molecule has 0 fully saturated rings. The molecular formula is C18H18N4OS. The molecule has 0 saturated carbocycles. The lowest BCUT2D eigenvalue weighted by atomic mass is 10.1. The molecule has 2 heterocycles. The summed E-state index contributed by atoms with van der Waals surface area (Å²) in [6.45, 7) is 4.81. The molecule has 0 aliphatic rings. The molecule has 3 rings (SSSR count). The van der Waals surface area contributed by atoms with Crippen LogP contribution in [0.4, 0.5) is 0 Å². The summed E-state index contributed by atoms with van der Waals surface area (Å²) in [7, 11) is 0. The maximum Gasteiger partial charge on any atom is 0.191 e. The zero-order chi connectivity index (χ0) is 16.9. The predicted molar refractivity (Wildman–Crippen MR) is 92.6 cm³/mol. The van der Waals surface area contributed by atoms with Crippen LogP contribution in [-0.2, 0) is 12.3 Å². The van der Waals surface area contributed by atoms with E-state index in [0.29, 0.717) is 17.9 Å². The van der Waals surface area contributed by atoms with Gasteiger partial charge in [-0.15, -0.1) is 10.2 Å². The van der Waals surface area contributed by atoms with Gasteiger partial charge in [-0.3, -0.25) is 4.57 Å². The van der Waals surface area contributed by atoms with Crippen molar-refractivity contribution in [2.75, 3.05) is 0 Å². The molecule has 0 unspecified atom stereocenters. The highest BCUT2D eigenvalue weighted by atomic mass is 32.2. The van der Waals surface area contributed by atoms with Gasteiger partial charge in [0, 0.05) is 11.7 Å². The first kappa shape index (κ1) is 16.3. The topological polar surface area (TPSA) is 67.6 Å². The van der Waals surface area contributed by atoms with Crippen LogP contribution in [0.25, 0.3) is 0 Å². The first-order chi connectivity index (χ1) is 11.7. The summed E-state index contributed by atoms with van der Waals surface area (Å²) in [5.41, 5.74) is 1.70. The highest BCUT2D eigenvalue weighted by molar-refractivity contribution is 7.98. The zero-order valence-electron chi connectivity index (χ0n) is 13.6. The molecule has 6 heteroatoms. The van der Waals surface area contributed by atoms with E-state index in [4.69, 9.17) is 4.42 Å². The number of nitrogens with zero attached hydrogens (tertiary/aromatic N) is 4. The van der Waals surface area contributed by atoms with Crippen molar-refractivity contribution in [2.45, 2.75) is 37.2 Å². The Morgan fingerprint density at radius 1 is 1.21 bits per heavy atom. The van der Waals surface area contributed by atoms with Crippen LogP contribution in [0.15, 0.2) is 52.2 Å². The van der Waals surface area contributed by atoms with Crippen LogP contribution in [-0.4, -0.2) is 14.8 Å². The minimum absolute atomic E-state index is 0.271. The molecule has 0 amide bonds. The van der Waals surface area contributed by atoms with E-state index < -0.39 is 0 Å². The molecule has 0 aliphatic heterocycles. The van der Waals surface area contributed by atoms with Crippen LogP contribution in [0.2, 0.25) is 0 Å². The average molecular weight is 338 g/mol. The maximum absolute atomic E-state index is 9.21. The van der Waals surface area contributed by atoms with Crippen LogP contribution < -0.4 is 0 Å². The van der Waals surface area contributed by atoms with Crippen molar-refractivity contribution >= 4 is 11.8 Å². The molecule has 0 radical (unpaired) electrons. The third kappa shape index (κ3) is 3.52. The Morgan fingerprint density at radius 2 is 2.04 bits per heavy atom. The quantitative estimate of drug-likeness (QED) is 0.630. The lowest BCUT2D eigenvalue weighted by molar-refractivity contribution is 0.475. The van der Waals surface area contributed by atoms with E-state index in [2.05, 4.69) is 34.7 Å². The van der Waals surface area contributed by atoms with Crippen molar-refractivity contribution in [3.8, 4) is 6.07 Å². The van der Waals surface area contributed by atoms with Gasteiger partial charge in [-0.05, 0) is 23.8 Å². The van der Waals surface area contributed by atoms with Gasteiger partial charge in [0.2, 0.25) is 0 Å². The largest absolute Gasteiger partial charge is 0.467 e. The second-order valence-electron chi connectivity index (χ2n) is 5.72. The van der Waals surface area contributed by atoms with Gasteiger partial charge < -0.3 is 4.42 Å². The van der Waals surface area contributed by atoms with E-state index in [1.165, 1.54) is 0 Å². The fourth-order valence-corrected chi connectivity index (χ4v) is 3.39. The number of hydrogen-bond donors (Lipinski definition) is 0. The Bertz CT molecular complexity index is 846. The van der Waals surface area contributed by atoms with Crippen LogP contribution in [0.1, 0.15) is 42.5 Å². The van der Waals surface area contributed by atoms with Gasteiger partial charge in [-0.25, -0.2) is 0 Å². The second-order valence-corrected chi connectivity index (χ2v) is 6.66. The Hall–Kier alpha value is -2.52. The fourth-order valence-electron chi connectivity index (χ4n) is 2.44. The maximum atomic E-state index is 9.21. The smallest absolute Gasteiger partial charge is 0.191 e. The molecule has 3 aromatic rings. The molecule has 122 valence electrons. The van der Waals surface area contributed by atoms with Crippen molar-refractivity contribution in [3.05, 3.63) is 65.4 Å².